The van der Waals surface area contributed by atoms with Gasteiger partial charge in [0.25, 0.3) is 17.4 Å². The minimum Gasteiger partial charge on any atom is -0.362 e. The Morgan fingerprint density at radius 3 is 2.81 bits per heavy atom. The van der Waals surface area contributed by atoms with Crippen LogP contribution in [0.3, 0.4) is 0 Å². The molecule has 0 atom stereocenters. The maximum absolute atomic E-state index is 12.8. The summed E-state index contributed by atoms with van der Waals surface area (Å²) >= 11 is 0. The second-order valence-corrected chi connectivity index (χ2v) is 8.27. The molecule has 5 rings (SSSR count). The van der Waals surface area contributed by atoms with E-state index in [-0.39, 0.29) is 23.6 Å². The molecule has 3 aromatic heterocycles. The average Bonchev–Trinajstić information content (AvgIpc) is 3.51. The van der Waals surface area contributed by atoms with Crippen LogP contribution in [-0.4, -0.2) is 32.9 Å². The van der Waals surface area contributed by atoms with Crippen molar-refractivity contribution in [2.24, 2.45) is 0 Å². The van der Waals surface area contributed by atoms with Gasteiger partial charge in [-0.15, -0.1) is 0 Å². The van der Waals surface area contributed by atoms with Crippen LogP contribution < -0.4 is 16.2 Å². The summed E-state index contributed by atoms with van der Waals surface area (Å²) < 4.78 is 1.49. The summed E-state index contributed by atoms with van der Waals surface area (Å²) in [5, 5.41) is 5.65. The van der Waals surface area contributed by atoms with E-state index >= 15 is 0 Å². The fourth-order valence-corrected chi connectivity index (χ4v) is 4.01. The van der Waals surface area contributed by atoms with Crippen molar-refractivity contribution in [3.63, 3.8) is 0 Å². The predicted molar refractivity (Wildman–Crippen MR) is 139 cm³/mol. The highest BCUT2D eigenvalue weighted by molar-refractivity contribution is 6.34. The first-order valence-corrected chi connectivity index (χ1v) is 11.4. The summed E-state index contributed by atoms with van der Waals surface area (Å²) in [7, 11) is 0. The maximum Gasteiger partial charge on any atom is 0.263 e. The molecule has 0 fully saturated rings. The van der Waals surface area contributed by atoms with Gasteiger partial charge in [0.1, 0.15) is 5.56 Å². The largest absolute Gasteiger partial charge is 0.362 e. The fourth-order valence-electron chi connectivity index (χ4n) is 4.01. The fraction of sp³-hybridized carbons (Fsp3) is 0.0714. The van der Waals surface area contributed by atoms with E-state index in [0.717, 1.165) is 28.1 Å². The van der Waals surface area contributed by atoms with E-state index in [1.165, 1.54) is 10.6 Å². The standard InChI is InChI=1S/C28H23N5O3/c34-26(23-8-4-14-33(28(23)36)18-20-6-1-11-29-17-20)31-13-2-5-19-9-10-22-24(16-21-7-3-12-30-21)27(35)32-25(22)15-19/h1-12,14-17,30H,13,18H2,(H,31,34)(H,32,35)/b5-2+,24-16?. The van der Waals surface area contributed by atoms with E-state index in [4.69, 9.17) is 0 Å². The Hall–Kier alpha value is -4.98. The summed E-state index contributed by atoms with van der Waals surface area (Å²) in [6.07, 6.45) is 12.3. The predicted octanol–water partition coefficient (Wildman–Crippen LogP) is 3.56. The van der Waals surface area contributed by atoms with Gasteiger partial charge in [-0.1, -0.05) is 30.4 Å². The Bertz CT molecular complexity index is 1530. The average molecular weight is 478 g/mol. The number of hydrogen-bond acceptors (Lipinski definition) is 4. The minimum atomic E-state index is -0.439. The number of carbonyl (C=O) groups is 2. The molecule has 8 nitrogen and oxygen atoms in total. The molecule has 3 N–H and O–H groups in total. The molecule has 0 bridgehead atoms. The molecule has 1 aliphatic rings. The summed E-state index contributed by atoms with van der Waals surface area (Å²) in [6, 6.07) is 16.3. The third-order valence-corrected chi connectivity index (χ3v) is 5.78. The van der Waals surface area contributed by atoms with Crippen LogP contribution in [0.25, 0.3) is 17.7 Å². The number of aromatic amines is 1. The van der Waals surface area contributed by atoms with Gasteiger partial charge in [0.15, 0.2) is 0 Å². The number of nitrogens with one attached hydrogen (secondary N) is 3. The van der Waals surface area contributed by atoms with Crippen molar-refractivity contribution in [1.82, 2.24) is 19.9 Å². The number of amides is 2. The van der Waals surface area contributed by atoms with Crippen LogP contribution in [0.5, 0.6) is 0 Å². The van der Waals surface area contributed by atoms with Gasteiger partial charge in [-0.25, -0.2) is 0 Å². The molecule has 1 aliphatic heterocycles. The highest BCUT2D eigenvalue weighted by Gasteiger charge is 2.24. The first-order chi connectivity index (χ1) is 17.6. The lowest BCUT2D eigenvalue weighted by molar-refractivity contribution is -0.110. The van der Waals surface area contributed by atoms with Crippen molar-refractivity contribution in [3.8, 4) is 0 Å². The van der Waals surface area contributed by atoms with Crippen molar-refractivity contribution in [1.29, 1.82) is 0 Å². The molecule has 0 aliphatic carbocycles. The first-order valence-electron chi connectivity index (χ1n) is 11.4. The Balaban J connectivity index is 1.22. The minimum absolute atomic E-state index is 0.0800. The van der Waals surface area contributed by atoms with E-state index in [0.29, 0.717) is 12.1 Å². The smallest absolute Gasteiger partial charge is 0.263 e. The number of hydrogen-bond donors (Lipinski definition) is 3. The zero-order chi connectivity index (χ0) is 24.9. The monoisotopic (exact) mass is 477 g/mol. The molecule has 0 saturated heterocycles. The third-order valence-electron chi connectivity index (χ3n) is 5.78. The van der Waals surface area contributed by atoms with Crippen LogP contribution in [0.2, 0.25) is 0 Å². The summed E-state index contributed by atoms with van der Waals surface area (Å²) in [6.45, 7) is 0.585. The number of fused-ring (bicyclic) bond motifs is 1. The number of H-pyrrole nitrogens is 1. The molecule has 2 amide bonds. The summed E-state index contributed by atoms with van der Waals surface area (Å²) in [5.74, 6) is -0.587. The van der Waals surface area contributed by atoms with Gasteiger partial charge in [-0.2, -0.15) is 0 Å². The maximum atomic E-state index is 12.8. The molecule has 0 unspecified atom stereocenters. The lowest BCUT2D eigenvalue weighted by Gasteiger charge is -2.08. The second-order valence-electron chi connectivity index (χ2n) is 8.27. The van der Waals surface area contributed by atoms with Crippen molar-refractivity contribution >= 4 is 35.2 Å². The zero-order valence-electron chi connectivity index (χ0n) is 19.3. The van der Waals surface area contributed by atoms with E-state index in [2.05, 4.69) is 20.6 Å². The number of aromatic nitrogens is 3. The van der Waals surface area contributed by atoms with Gasteiger partial charge in [0.05, 0.1) is 12.1 Å². The summed E-state index contributed by atoms with van der Waals surface area (Å²) in [4.78, 5) is 44.9. The molecule has 0 saturated carbocycles. The summed E-state index contributed by atoms with van der Waals surface area (Å²) in [5.41, 5.74) is 4.51. The number of carbonyl (C=O) groups excluding carboxylic acids is 2. The van der Waals surface area contributed by atoms with Crippen molar-refractivity contribution < 1.29 is 9.59 Å². The highest BCUT2D eigenvalue weighted by atomic mass is 16.2. The van der Waals surface area contributed by atoms with Gasteiger partial charge in [-0.05, 0) is 53.6 Å². The van der Waals surface area contributed by atoms with E-state index in [9.17, 15) is 14.4 Å². The molecular formula is C28H23N5O3. The number of rotatable bonds is 7. The van der Waals surface area contributed by atoms with Crippen molar-refractivity contribution in [3.05, 3.63) is 124 Å². The van der Waals surface area contributed by atoms with Crippen LogP contribution in [-0.2, 0) is 11.3 Å². The Labute approximate surface area is 207 Å². The molecule has 4 aromatic rings. The van der Waals surface area contributed by atoms with Crippen LogP contribution in [0, 0.1) is 0 Å². The van der Waals surface area contributed by atoms with Gasteiger partial charge in [0.2, 0.25) is 0 Å². The van der Waals surface area contributed by atoms with E-state index in [1.54, 1.807) is 36.8 Å². The van der Waals surface area contributed by atoms with Crippen LogP contribution in [0.4, 0.5) is 5.69 Å². The van der Waals surface area contributed by atoms with Gasteiger partial charge < -0.3 is 20.2 Å². The molecule has 178 valence electrons. The number of pyridine rings is 2. The second kappa shape index (κ2) is 10.1. The van der Waals surface area contributed by atoms with Crippen molar-refractivity contribution in [2.45, 2.75) is 6.54 Å². The lowest BCUT2D eigenvalue weighted by atomic mass is 10.0. The van der Waals surface area contributed by atoms with Crippen molar-refractivity contribution in [2.75, 3.05) is 11.9 Å². The molecule has 4 heterocycles. The van der Waals surface area contributed by atoms with Crippen LogP contribution in [0.1, 0.15) is 32.7 Å². The Morgan fingerprint density at radius 1 is 1.08 bits per heavy atom. The first kappa shape index (κ1) is 22.8. The number of nitrogens with zero attached hydrogens (tertiary/aromatic N) is 2. The highest BCUT2D eigenvalue weighted by Crippen LogP contribution is 2.33. The Morgan fingerprint density at radius 2 is 2.00 bits per heavy atom. The quantitative estimate of drug-likeness (QED) is 0.354. The molecule has 36 heavy (non-hydrogen) atoms. The Kier molecular flexibility index (Phi) is 6.40. The molecule has 1 aromatic carbocycles. The molecule has 8 heteroatoms. The number of benzene rings is 1. The third kappa shape index (κ3) is 4.92. The van der Waals surface area contributed by atoms with Gasteiger partial charge in [-0.3, -0.25) is 19.4 Å². The molecule has 0 radical (unpaired) electrons. The molecular weight excluding hydrogens is 454 g/mol. The normalized spacial score (nSPS) is 13.7. The lowest BCUT2D eigenvalue weighted by Crippen LogP contribution is -2.33. The zero-order valence-corrected chi connectivity index (χ0v) is 19.3. The molecule has 0 spiro atoms. The van der Waals surface area contributed by atoms with Crippen LogP contribution >= 0.6 is 0 Å². The van der Waals surface area contributed by atoms with E-state index in [1.807, 2.05) is 54.7 Å². The van der Waals surface area contributed by atoms with Crippen LogP contribution in [0.15, 0.2) is 90.3 Å². The van der Waals surface area contributed by atoms with Gasteiger partial charge >= 0.3 is 0 Å². The number of anilines is 1. The topological polar surface area (TPSA) is 109 Å². The van der Waals surface area contributed by atoms with Gasteiger partial charge in [0, 0.05) is 48.3 Å². The SMILES string of the molecule is O=C1Nc2cc(/C=C/CNC(=O)c3cccn(Cc4cccnc4)c3=O)ccc2C1=Cc1ccc[nH]1. The van der Waals surface area contributed by atoms with E-state index < -0.39 is 5.91 Å².